The SMILES string of the molecule is Cc1noc(-c2ccc(C(=O)OCc3nc(-c4cccc(Br)c4)no3)cc2)n1. The van der Waals surface area contributed by atoms with Gasteiger partial charge in [0, 0.05) is 15.6 Å². The number of aromatic nitrogens is 4. The summed E-state index contributed by atoms with van der Waals surface area (Å²) in [5, 5.41) is 7.64. The zero-order valence-corrected chi connectivity index (χ0v) is 16.2. The third-order valence-electron chi connectivity index (χ3n) is 3.77. The molecule has 0 radical (unpaired) electrons. The Bertz CT molecular complexity index is 1120. The van der Waals surface area contributed by atoms with E-state index in [1.54, 1.807) is 31.2 Å². The molecule has 8 nitrogen and oxygen atoms in total. The number of hydrogen-bond donors (Lipinski definition) is 0. The van der Waals surface area contributed by atoms with E-state index in [0.29, 0.717) is 28.7 Å². The van der Waals surface area contributed by atoms with Crippen LogP contribution in [0.5, 0.6) is 0 Å². The van der Waals surface area contributed by atoms with E-state index in [4.69, 9.17) is 13.8 Å². The Morgan fingerprint density at radius 3 is 2.57 bits per heavy atom. The number of halogens is 1. The normalized spacial score (nSPS) is 10.8. The standard InChI is InChI=1S/C19H13BrN4O4/c1-11-21-18(28-23-11)12-5-7-13(8-6-12)19(25)26-10-16-22-17(24-27-16)14-3-2-4-15(20)9-14/h2-9H,10H2,1H3. The molecule has 2 heterocycles. The van der Waals surface area contributed by atoms with E-state index >= 15 is 0 Å². The van der Waals surface area contributed by atoms with Crippen LogP contribution in [0.3, 0.4) is 0 Å². The molecule has 0 fully saturated rings. The number of carbonyl (C=O) groups is 1. The fraction of sp³-hybridized carbons (Fsp3) is 0.105. The molecule has 0 saturated heterocycles. The predicted molar refractivity (Wildman–Crippen MR) is 101 cm³/mol. The van der Waals surface area contributed by atoms with Crippen molar-refractivity contribution >= 4 is 21.9 Å². The minimum Gasteiger partial charge on any atom is -0.452 e. The molecule has 0 atom stereocenters. The molecule has 28 heavy (non-hydrogen) atoms. The summed E-state index contributed by atoms with van der Waals surface area (Å²) in [6.45, 7) is 1.61. The molecule has 4 rings (SSSR count). The highest BCUT2D eigenvalue weighted by atomic mass is 79.9. The van der Waals surface area contributed by atoms with Crippen molar-refractivity contribution in [3.05, 3.63) is 70.3 Å². The van der Waals surface area contributed by atoms with Crippen LogP contribution in [0.1, 0.15) is 22.1 Å². The Morgan fingerprint density at radius 2 is 1.86 bits per heavy atom. The van der Waals surface area contributed by atoms with Crippen molar-refractivity contribution in [3.63, 3.8) is 0 Å². The highest BCUT2D eigenvalue weighted by Gasteiger charge is 2.14. The third kappa shape index (κ3) is 3.99. The van der Waals surface area contributed by atoms with Crippen molar-refractivity contribution < 1.29 is 18.6 Å². The van der Waals surface area contributed by atoms with Crippen LogP contribution in [0.25, 0.3) is 22.8 Å². The lowest BCUT2D eigenvalue weighted by molar-refractivity contribution is 0.0430. The van der Waals surface area contributed by atoms with Gasteiger partial charge in [0.15, 0.2) is 12.4 Å². The van der Waals surface area contributed by atoms with Gasteiger partial charge in [0.25, 0.3) is 11.8 Å². The fourth-order valence-corrected chi connectivity index (χ4v) is 2.83. The smallest absolute Gasteiger partial charge is 0.338 e. The summed E-state index contributed by atoms with van der Waals surface area (Å²) in [4.78, 5) is 20.6. The van der Waals surface area contributed by atoms with E-state index in [2.05, 4.69) is 36.2 Å². The molecule has 2 aromatic carbocycles. The van der Waals surface area contributed by atoms with Gasteiger partial charge in [-0.1, -0.05) is 38.4 Å². The van der Waals surface area contributed by atoms with Gasteiger partial charge in [-0.15, -0.1) is 0 Å². The maximum atomic E-state index is 12.2. The number of esters is 1. The summed E-state index contributed by atoms with van der Waals surface area (Å²) < 4.78 is 16.4. The summed E-state index contributed by atoms with van der Waals surface area (Å²) >= 11 is 3.39. The first-order valence-corrected chi connectivity index (χ1v) is 9.04. The lowest BCUT2D eigenvalue weighted by Gasteiger charge is -2.02. The van der Waals surface area contributed by atoms with Crippen LogP contribution in [-0.4, -0.2) is 26.3 Å². The van der Waals surface area contributed by atoms with Crippen molar-refractivity contribution in [3.8, 4) is 22.8 Å². The van der Waals surface area contributed by atoms with Gasteiger partial charge in [0.05, 0.1) is 5.56 Å². The molecule has 0 aliphatic heterocycles. The van der Waals surface area contributed by atoms with Gasteiger partial charge in [-0.25, -0.2) is 4.79 Å². The lowest BCUT2D eigenvalue weighted by Crippen LogP contribution is -2.05. The van der Waals surface area contributed by atoms with Crippen molar-refractivity contribution in [1.29, 1.82) is 0 Å². The first kappa shape index (κ1) is 18.1. The molecule has 0 amide bonds. The summed E-state index contributed by atoms with van der Waals surface area (Å²) in [6.07, 6.45) is 0. The Hall–Kier alpha value is -3.33. The molecule has 2 aromatic heterocycles. The van der Waals surface area contributed by atoms with Gasteiger partial charge in [-0.2, -0.15) is 9.97 Å². The van der Waals surface area contributed by atoms with Crippen molar-refractivity contribution in [2.45, 2.75) is 13.5 Å². The van der Waals surface area contributed by atoms with Crippen LogP contribution in [-0.2, 0) is 11.3 Å². The number of benzene rings is 2. The molecule has 140 valence electrons. The predicted octanol–water partition coefficient (Wildman–Crippen LogP) is 4.21. The molecule has 0 N–H and O–H groups in total. The van der Waals surface area contributed by atoms with E-state index < -0.39 is 5.97 Å². The van der Waals surface area contributed by atoms with Gasteiger partial charge in [0.1, 0.15) is 0 Å². The zero-order valence-electron chi connectivity index (χ0n) is 14.6. The number of ether oxygens (including phenoxy) is 1. The van der Waals surface area contributed by atoms with E-state index in [1.165, 1.54) is 0 Å². The maximum absolute atomic E-state index is 12.2. The monoisotopic (exact) mass is 440 g/mol. The van der Waals surface area contributed by atoms with E-state index in [0.717, 1.165) is 10.0 Å². The van der Waals surface area contributed by atoms with E-state index in [1.807, 2.05) is 24.3 Å². The summed E-state index contributed by atoms with van der Waals surface area (Å²) in [6, 6.07) is 14.2. The Balaban J connectivity index is 1.39. The molecular formula is C19H13BrN4O4. The summed E-state index contributed by atoms with van der Waals surface area (Å²) in [5.74, 6) is 1.06. The molecule has 0 saturated carbocycles. The Labute approximate surface area is 167 Å². The average molecular weight is 441 g/mol. The Kier molecular flexibility index (Phi) is 4.98. The molecule has 4 aromatic rings. The number of nitrogens with zero attached hydrogens (tertiary/aromatic N) is 4. The number of aryl methyl sites for hydroxylation is 1. The van der Waals surface area contributed by atoms with Gasteiger partial charge in [0.2, 0.25) is 5.82 Å². The van der Waals surface area contributed by atoms with Gasteiger partial charge >= 0.3 is 5.97 Å². The minimum absolute atomic E-state index is 0.121. The first-order valence-electron chi connectivity index (χ1n) is 8.25. The molecule has 0 aliphatic carbocycles. The maximum Gasteiger partial charge on any atom is 0.338 e. The van der Waals surface area contributed by atoms with Gasteiger partial charge in [-0.3, -0.25) is 0 Å². The lowest BCUT2D eigenvalue weighted by atomic mass is 10.1. The number of hydrogen-bond acceptors (Lipinski definition) is 8. The second-order valence-electron chi connectivity index (χ2n) is 5.82. The highest BCUT2D eigenvalue weighted by Crippen LogP contribution is 2.21. The average Bonchev–Trinajstić information content (AvgIpc) is 3.35. The second kappa shape index (κ2) is 7.73. The second-order valence-corrected chi connectivity index (χ2v) is 6.74. The fourth-order valence-electron chi connectivity index (χ4n) is 2.43. The minimum atomic E-state index is -0.504. The quantitative estimate of drug-likeness (QED) is 0.424. The molecule has 0 spiro atoms. The van der Waals surface area contributed by atoms with Crippen molar-refractivity contribution in [2.24, 2.45) is 0 Å². The summed E-state index contributed by atoms with van der Waals surface area (Å²) in [7, 11) is 0. The highest BCUT2D eigenvalue weighted by molar-refractivity contribution is 9.10. The van der Waals surface area contributed by atoms with Gasteiger partial charge in [-0.05, 0) is 43.3 Å². The largest absolute Gasteiger partial charge is 0.452 e. The number of rotatable bonds is 5. The topological polar surface area (TPSA) is 104 Å². The van der Waals surface area contributed by atoms with Crippen molar-refractivity contribution in [2.75, 3.05) is 0 Å². The number of carbonyl (C=O) groups excluding carboxylic acids is 1. The molecule has 0 bridgehead atoms. The van der Waals surface area contributed by atoms with Crippen LogP contribution in [0.4, 0.5) is 0 Å². The third-order valence-corrected chi connectivity index (χ3v) is 4.27. The van der Waals surface area contributed by atoms with Crippen LogP contribution < -0.4 is 0 Å². The first-order chi connectivity index (χ1) is 13.6. The van der Waals surface area contributed by atoms with E-state index in [9.17, 15) is 4.79 Å². The van der Waals surface area contributed by atoms with Crippen LogP contribution >= 0.6 is 15.9 Å². The van der Waals surface area contributed by atoms with Crippen molar-refractivity contribution in [1.82, 2.24) is 20.3 Å². The molecule has 0 unspecified atom stereocenters. The molecule has 9 heteroatoms. The Morgan fingerprint density at radius 1 is 1.04 bits per heavy atom. The van der Waals surface area contributed by atoms with Crippen LogP contribution in [0.15, 0.2) is 62.0 Å². The van der Waals surface area contributed by atoms with Gasteiger partial charge < -0.3 is 13.8 Å². The summed E-state index contributed by atoms with van der Waals surface area (Å²) in [5.41, 5.74) is 1.89. The van der Waals surface area contributed by atoms with Crippen LogP contribution in [0, 0.1) is 6.92 Å². The van der Waals surface area contributed by atoms with E-state index in [-0.39, 0.29) is 12.5 Å². The van der Waals surface area contributed by atoms with Crippen LogP contribution in [0.2, 0.25) is 0 Å². The molecule has 0 aliphatic rings. The molecular weight excluding hydrogens is 428 g/mol. The zero-order chi connectivity index (χ0) is 19.5.